The molecule has 1 aliphatic heterocycles. The summed E-state index contributed by atoms with van der Waals surface area (Å²) in [5, 5.41) is 14.6. The molecule has 1 amide bonds. The number of nitriles is 1. The summed E-state index contributed by atoms with van der Waals surface area (Å²) in [5.41, 5.74) is 1.94. The zero-order chi connectivity index (χ0) is 17.9. The first-order chi connectivity index (χ1) is 11.9. The van der Waals surface area contributed by atoms with Crippen molar-refractivity contribution in [3.05, 3.63) is 53.9 Å². The largest absolute Gasteiger partial charge is 0.381 e. The van der Waals surface area contributed by atoms with Crippen LogP contribution in [0.2, 0.25) is 0 Å². The summed E-state index contributed by atoms with van der Waals surface area (Å²) in [6.07, 6.45) is 2.05. The predicted octanol–water partition coefficient (Wildman–Crippen LogP) is 1.80. The van der Waals surface area contributed by atoms with Crippen molar-refractivity contribution in [1.82, 2.24) is 4.98 Å². The minimum absolute atomic E-state index is 0.0993. The van der Waals surface area contributed by atoms with Gasteiger partial charge in [-0.3, -0.25) is 9.78 Å². The normalized spacial score (nSPS) is 18.3. The first kappa shape index (κ1) is 16.9. The van der Waals surface area contributed by atoms with Crippen LogP contribution in [0, 0.1) is 11.3 Å². The standard InChI is InChI=1S/C17H16N4O3S/c18-10-12-1-3-13(4-2-12)21-17(22)16-9-14(5-7-19-16)20-15-6-8-25(23,24)11-15/h1-5,7,9,15H,6,8,11H2,(H,19,20)(H,21,22). The number of hydrogen-bond acceptors (Lipinski definition) is 6. The Kier molecular flexibility index (Phi) is 4.67. The van der Waals surface area contributed by atoms with Crippen molar-refractivity contribution in [1.29, 1.82) is 5.26 Å². The molecule has 128 valence electrons. The molecule has 0 bridgehead atoms. The highest BCUT2D eigenvalue weighted by Crippen LogP contribution is 2.18. The van der Waals surface area contributed by atoms with Gasteiger partial charge in [0.05, 0.1) is 23.1 Å². The molecule has 1 aromatic heterocycles. The van der Waals surface area contributed by atoms with E-state index in [9.17, 15) is 13.2 Å². The minimum atomic E-state index is -2.97. The van der Waals surface area contributed by atoms with Crippen LogP contribution in [0.15, 0.2) is 42.6 Å². The van der Waals surface area contributed by atoms with Gasteiger partial charge in [0, 0.05) is 23.6 Å². The van der Waals surface area contributed by atoms with Crippen LogP contribution in [-0.2, 0) is 9.84 Å². The van der Waals surface area contributed by atoms with Crippen molar-refractivity contribution in [3.63, 3.8) is 0 Å². The van der Waals surface area contributed by atoms with Crippen molar-refractivity contribution < 1.29 is 13.2 Å². The fraction of sp³-hybridized carbons (Fsp3) is 0.235. The van der Waals surface area contributed by atoms with E-state index < -0.39 is 9.84 Å². The van der Waals surface area contributed by atoms with Crippen molar-refractivity contribution in [2.45, 2.75) is 12.5 Å². The van der Waals surface area contributed by atoms with Crippen molar-refractivity contribution >= 4 is 27.1 Å². The number of rotatable bonds is 4. The van der Waals surface area contributed by atoms with E-state index in [0.29, 0.717) is 23.4 Å². The third-order valence-electron chi connectivity index (χ3n) is 3.87. The van der Waals surface area contributed by atoms with E-state index in [-0.39, 0.29) is 29.1 Å². The number of pyridine rings is 1. The van der Waals surface area contributed by atoms with E-state index in [1.807, 2.05) is 6.07 Å². The Hall–Kier alpha value is -2.92. The van der Waals surface area contributed by atoms with E-state index >= 15 is 0 Å². The van der Waals surface area contributed by atoms with Crippen LogP contribution in [0.25, 0.3) is 0 Å². The van der Waals surface area contributed by atoms with E-state index in [1.54, 1.807) is 36.4 Å². The molecule has 1 aliphatic rings. The van der Waals surface area contributed by atoms with Gasteiger partial charge >= 0.3 is 0 Å². The van der Waals surface area contributed by atoms with Gasteiger partial charge in [0.25, 0.3) is 5.91 Å². The lowest BCUT2D eigenvalue weighted by atomic mass is 10.2. The summed E-state index contributed by atoms with van der Waals surface area (Å²) in [6.45, 7) is 0. The lowest BCUT2D eigenvalue weighted by molar-refractivity contribution is 0.102. The molecule has 1 fully saturated rings. The molecule has 0 aliphatic carbocycles. The van der Waals surface area contributed by atoms with Crippen molar-refractivity contribution in [2.75, 3.05) is 22.1 Å². The average molecular weight is 356 g/mol. The van der Waals surface area contributed by atoms with E-state index in [1.165, 1.54) is 6.20 Å². The quantitative estimate of drug-likeness (QED) is 0.864. The summed E-state index contributed by atoms with van der Waals surface area (Å²) in [4.78, 5) is 16.3. The summed E-state index contributed by atoms with van der Waals surface area (Å²) in [6, 6.07) is 11.7. The second-order valence-corrected chi connectivity index (χ2v) is 8.05. The third kappa shape index (κ3) is 4.33. The number of hydrogen-bond donors (Lipinski definition) is 2. The minimum Gasteiger partial charge on any atom is -0.381 e. The summed E-state index contributed by atoms with van der Waals surface area (Å²) in [7, 11) is -2.97. The highest BCUT2D eigenvalue weighted by Gasteiger charge is 2.27. The molecule has 2 aromatic rings. The maximum atomic E-state index is 12.3. The summed E-state index contributed by atoms with van der Waals surface area (Å²) in [5.74, 6) is -0.100. The molecular formula is C17H16N4O3S. The maximum absolute atomic E-state index is 12.3. The second kappa shape index (κ2) is 6.91. The topological polar surface area (TPSA) is 112 Å². The predicted molar refractivity (Wildman–Crippen MR) is 94.0 cm³/mol. The smallest absolute Gasteiger partial charge is 0.274 e. The van der Waals surface area contributed by atoms with Gasteiger partial charge < -0.3 is 10.6 Å². The molecule has 3 rings (SSSR count). The zero-order valence-corrected chi connectivity index (χ0v) is 14.1. The van der Waals surface area contributed by atoms with Crippen LogP contribution in [0.1, 0.15) is 22.5 Å². The highest BCUT2D eigenvalue weighted by molar-refractivity contribution is 7.91. The molecule has 0 radical (unpaired) electrons. The molecule has 1 aromatic carbocycles. The number of anilines is 2. The lowest BCUT2D eigenvalue weighted by Crippen LogP contribution is -2.21. The van der Waals surface area contributed by atoms with E-state index in [0.717, 1.165) is 0 Å². The summed E-state index contributed by atoms with van der Waals surface area (Å²) < 4.78 is 23.0. The van der Waals surface area contributed by atoms with Crippen LogP contribution < -0.4 is 10.6 Å². The van der Waals surface area contributed by atoms with Crippen LogP contribution >= 0.6 is 0 Å². The maximum Gasteiger partial charge on any atom is 0.274 e. The number of nitrogens with zero attached hydrogens (tertiary/aromatic N) is 2. The molecule has 2 heterocycles. The van der Waals surface area contributed by atoms with Gasteiger partial charge in [-0.05, 0) is 42.8 Å². The molecule has 1 saturated heterocycles. The molecule has 2 N–H and O–H groups in total. The number of nitrogens with one attached hydrogen (secondary N) is 2. The molecule has 0 spiro atoms. The van der Waals surface area contributed by atoms with Crippen molar-refractivity contribution in [3.8, 4) is 6.07 Å². The molecule has 1 atom stereocenters. The lowest BCUT2D eigenvalue weighted by Gasteiger charge is -2.13. The van der Waals surface area contributed by atoms with Gasteiger partial charge in [-0.15, -0.1) is 0 Å². The summed E-state index contributed by atoms with van der Waals surface area (Å²) >= 11 is 0. The van der Waals surface area contributed by atoms with Crippen LogP contribution in [-0.4, -0.2) is 36.9 Å². The fourth-order valence-corrected chi connectivity index (χ4v) is 4.29. The third-order valence-corrected chi connectivity index (χ3v) is 5.64. The van der Waals surface area contributed by atoms with Gasteiger partial charge in [-0.1, -0.05) is 0 Å². The molecule has 8 heteroatoms. The number of aromatic nitrogens is 1. The molecule has 25 heavy (non-hydrogen) atoms. The Bertz CT molecular complexity index is 933. The average Bonchev–Trinajstić information content (AvgIpc) is 2.94. The number of carbonyl (C=O) groups is 1. The first-order valence-electron chi connectivity index (χ1n) is 7.70. The molecule has 0 saturated carbocycles. The van der Waals surface area contributed by atoms with Crippen LogP contribution in [0.4, 0.5) is 11.4 Å². The molecular weight excluding hydrogens is 340 g/mol. The Balaban J connectivity index is 1.68. The number of sulfone groups is 1. The van der Waals surface area contributed by atoms with Crippen molar-refractivity contribution in [2.24, 2.45) is 0 Å². The number of carbonyl (C=O) groups excluding carboxylic acids is 1. The van der Waals surface area contributed by atoms with E-state index in [4.69, 9.17) is 5.26 Å². The Morgan fingerprint density at radius 3 is 2.60 bits per heavy atom. The van der Waals surface area contributed by atoms with Gasteiger partial charge in [-0.25, -0.2) is 8.42 Å². The van der Waals surface area contributed by atoms with Gasteiger partial charge in [0.2, 0.25) is 0 Å². The fourth-order valence-electron chi connectivity index (χ4n) is 2.61. The van der Waals surface area contributed by atoms with E-state index in [2.05, 4.69) is 15.6 Å². The van der Waals surface area contributed by atoms with Gasteiger partial charge in [0.15, 0.2) is 9.84 Å². The Morgan fingerprint density at radius 1 is 1.20 bits per heavy atom. The molecule has 1 unspecified atom stereocenters. The molecule has 7 nitrogen and oxygen atoms in total. The number of amides is 1. The Labute approximate surface area is 145 Å². The van der Waals surface area contributed by atoms with Crippen LogP contribution in [0.5, 0.6) is 0 Å². The number of benzene rings is 1. The second-order valence-electron chi connectivity index (χ2n) is 5.82. The SMILES string of the molecule is N#Cc1ccc(NC(=O)c2cc(NC3CCS(=O)(=O)C3)ccn2)cc1. The highest BCUT2D eigenvalue weighted by atomic mass is 32.2. The Morgan fingerprint density at radius 2 is 1.96 bits per heavy atom. The first-order valence-corrected chi connectivity index (χ1v) is 9.52. The van der Waals surface area contributed by atoms with Crippen LogP contribution in [0.3, 0.4) is 0 Å². The van der Waals surface area contributed by atoms with Gasteiger partial charge in [-0.2, -0.15) is 5.26 Å². The zero-order valence-electron chi connectivity index (χ0n) is 13.3. The monoisotopic (exact) mass is 356 g/mol. The van der Waals surface area contributed by atoms with Gasteiger partial charge in [0.1, 0.15) is 5.69 Å².